The van der Waals surface area contributed by atoms with Gasteiger partial charge in [0.25, 0.3) is 0 Å². The Morgan fingerprint density at radius 1 is 1.35 bits per heavy atom. The second-order valence-electron chi connectivity index (χ2n) is 5.25. The second kappa shape index (κ2) is 5.39. The summed E-state index contributed by atoms with van der Waals surface area (Å²) in [5.74, 6) is 2.15. The van der Waals surface area contributed by atoms with E-state index in [9.17, 15) is 0 Å². The van der Waals surface area contributed by atoms with Gasteiger partial charge in [-0.3, -0.25) is 0 Å². The Kier molecular flexibility index (Phi) is 4.39. The summed E-state index contributed by atoms with van der Waals surface area (Å²) in [4.78, 5) is 0. The van der Waals surface area contributed by atoms with Gasteiger partial charge < -0.3 is 4.74 Å². The van der Waals surface area contributed by atoms with Gasteiger partial charge in [-0.2, -0.15) is 0 Å². The fraction of sp³-hybridized carbons (Fsp3) is 0.438. The maximum absolute atomic E-state index is 5.85. The van der Waals surface area contributed by atoms with Gasteiger partial charge in [-0.1, -0.05) is 52.0 Å². The van der Waals surface area contributed by atoms with Crippen LogP contribution in [0.25, 0.3) is 0 Å². The monoisotopic (exact) mass is 231 g/mol. The zero-order chi connectivity index (χ0) is 13.1. The molecular formula is C16H23O. The Morgan fingerprint density at radius 3 is 2.47 bits per heavy atom. The van der Waals surface area contributed by atoms with Crippen molar-refractivity contribution in [2.24, 2.45) is 0 Å². The predicted molar refractivity (Wildman–Crippen MR) is 74.5 cm³/mol. The van der Waals surface area contributed by atoms with E-state index in [1.54, 1.807) is 0 Å². The van der Waals surface area contributed by atoms with Crippen molar-refractivity contribution in [3.8, 4) is 5.75 Å². The maximum Gasteiger partial charge on any atom is 0.127 e. The summed E-state index contributed by atoms with van der Waals surface area (Å²) in [5.41, 5.74) is 2.48. The highest BCUT2D eigenvalue weighted by Crippen LogP contribution is 2.37. The molecule has 1 rings (SSSR count). The normalized spacial score (nSPS) is 11.6. The van der Waals surface area contributed by atoms with Gasteiger partial charge in [0.15, 0.2) is 0 Å². The third-order valence-corrected chi connectivity index (χ3v) is 2.84. The van der Waals surface area contributed by atoms with Crippen LogP contribution in [0.3, 0.4) is 0 Å². The van der Waals surface area contributed by atoms with Crippen molar-refractivity contribution in [1.29, 1.82) is 0 Å². The molecule has 0 aromatic heterocycles. The van der Waals surface area contributed by atoms with E-state index < -0.39 is 0 Å². The van der Waals surface area contributed by atoms with Crippen LogP contribution in [-0.4, -0.2) is 6.61 Å². The minimum absolute atomic E-state index is 0.0853. The number of ether oxygens (including phenoxy) is 1. The van der Waals surface area contributed by atoms with E-state index in [1.807, 2.05) is 13.0 Å². The molecule has 93 valence electrons. The lowest BCUT2D eigenvalue weighted by atomic mass is 9.83. The van der Waals surface area contributed by atoms with Crippen LogP contribution in [0.4, 0.5) is 0 Å². The Hall–Kier alpha value is -1.24. The molecule has 0 heterocycles. The van der Waals surface area contributed by atoms with Gasteiger partial charge in [-0.15, -0.1) is 6.58 Å². The molecule has 0 fully saturated rings. The van der Waals surface area contributed by atoms with Crippen LogP contribution in [0.2, 0.25) is 0 Å². The minimum Gasteiger partial charge on any atom is -0.493 e. The highest BCUT2D eigenvalue weighted by Gasteiger charge is 2.22. The number of hydrogen-bond donors (Lipinski definition) is 0. The SMILES string of the molecule is C=C[C](C)c1cccc(C(C)(C)C)c1OCC. The average Bonchev–Trinajstić information content (AvgIpc) is 2.27. The van der Waals surface area contributed by atoms with Gasteiger partial charge >= 0.3 is 0 Å². The van der Waals surface area contributed by atoms with Crippen molar-refractivity contribution in [3.63, 3.8) is 0 Å². The van der Waals surface area contributed by atoms with E-state index in [-0.39, 0.29) is 5.41 Å². The summed E-state index contributed by atoms with van der Waals surface area (Å²) in [5, 5.41) is 0. The summed E-state index contributed by atoms with van der Waals surface area (Å²) in [6.45, 7) is 15.2. The zero-order valence-corrected chi connectivity index (χ0v) is 11.6. The summed E-state index contributed by atoms with van der Waals surface area (Å²) in [6, 6.07) is 6.33. The fourth-order valence-corrected chi connectivity index (χ4v) is 1.85. The lowest BCUT2D eigenvalue weighted by Gasteiger charge is -2.25. The lowest BCUT2D eigenvalue weighted by Crippen LogP contribution is -2.15. The van der Waals surface area contributed by atoms with Crippen molar-refractivity contribution >= 4 is 0 Å². The smallest absolute Gasteiger partial charge is 0.127 e. The van der Waals surface area contributed by atoms with E-state index in [4.69, 9.17) is 4.74 Å². The molecule has 0 atom stereocenters. The molecule has 0 amide bonds. The fourth-order valence-electron chi connectivity index (χ4n) is 1.85. The number of allylic oxidation sites excluding steroid dienone is 1. The first-order chi connectivity index (χ1) is 7.91. The molecule has 17 heavy (non-hydrogen) atoms. The summed E-state index contributed by atoms with van der Waals surface area (Å²) >= 11 is 0. The average molecular weight is 231 g/mol. The van der Waals surface area contributed by atoms with Crippen LogP contribution in [0.1, 0.15) is 45.7 Å². The molecule has 0 aliphatic heterocycles. The van der Waals surface area contributed by atoms with Crippen LogP contribution in [0, 0.1) is 5.92 Å². The molecule has 1 aromatic carbocycles. The summed E-state index contributed by atoms with van der Waals surface area (Å²) < 4.78 is 5.85. The number of hydrogen-bond acceptors (Lipinski definition) is 1. The lowest BCUT2D eigenvalue weighted by molar-refractivity contribution is 0.327. The third kappa shape index (κ3) is 3.12. The number of benzene rings is 1. The summed E-state index contributed by atoms with van der Waals surface area (Å²) in [6.07, 6.45) is 1.88. The molecular weight excluding hydrogens is 208 g/mol. The van der Waals surface area contributed by atoms with Gasteiger partial charge in [0, 0.05) is 11.5 Å². The van der Waals surface area contributed by atoms with Crippen molar-refractivity contribution in [3.05, 3.63) is 47.9 Å². The van der Waals surface area contributed by atoms with Gasteiger partial charge in [0.05, 0.1) is 6.61 Å². The van der Waals surface area contributed by atoms with Gasteiger partial charge in [0.1, 0.15) is 5.75 Å². The molecule has 1 aromatic rings. The summed E-state index contributed by atoms with van der Waals surface area (Å²) in [7, 11) is 0. The third-order valence-electron chi connectivity index (χ3n) is 2.84. The van der Waals surface area contributed by atoms with Crippen molar-refractivity contribution in [2.75, 3.05) is 6.61 Å². The first kappa shape index (κ1) is 13.8. The van der Waals surface area contributed by atoms with Crippen LogP contribution in [0.15, 0.2) is 30.9 Å². The van der Waals surface area contributed by atoms with Crippen LogP contribution < -0.4 is 4.74 Å². The van der Waals surface area contributed by atoms with E-state index in [0.29, 0.717) is 6.61 Å². The second-order valence-corrected chi connectivity index (χ2v) is 5.25. The van der Waals surface area contributed by atoms with Gasteiger partial charge in [-0.25, -0.2) is 0 Å². The predicted octanol–water partition coefficient (Wildman–Crippen LogP) is 4.51. The quantitative estimate of drug-likeness (QED) is 0.740. The van der Waals surface area contributed by atoms with Gasteiger partial charge in [-0.05, 0) is 17.9 Å². The van der Waals surface area contributed by atoms with E-state index >= 15 is 0 Å². The van der Waals surface area contributed by atoms with Crippen molar-refractivity contribution in [2.45, 2.75) is 40.0 Å². The Bertz CT molecular complexity index is 385. The van der Waals surface area contributed by atoms with Gasteiger partial charge in [0.2, 0.25) is 0 Å². The maximum atomic E-state index is 5.85. The Morgan fingerprint density at radius 2 is 2.00 bits per heavy atom. The highest BCUT2D eigenvalue weighted by molar-refractivity contribution is 5.52. The Balaban J connectivity index is 3.36. The molecule has 0 aliphatic rings. The first-order valence-corrected chi connectivity index (χ1v) is 6.14. The molecule has 0 saturated carbocycles. The largest absolute Gasteiger partial charge is 0.493 e. The topological polar surface area (TPSA) is 9.23 Å². The molecule has 1 radical (unpaired) electrons. The molecule has 1 nitrogen and oxygen atoms in total. The molecule has 1 heteroatoms. The standard InChI is InChI=1S/C16H23O/c1-7-12(3)13-10-9-11-14(16(4,5)6)15(13)17-8-2/h7,9-11H,1,8H2,2-6H3. The molecule has 0 aliphatic carbocycles. The van der Waals surface area contributed by atoms with Crippen LogP contribution in [-0.2, 0) is 5.41 Å². The zero-order valence-electron chi connectivity index (χ0n) is 11.6. The van der Waals surface area contributed by atoms with Crippen molar-refractivity contribution < 1.29 is 4.74 Å². The molecule has 0 unspecified atom stereocenters. The molecule has 0 bridgehead atoms. The first-order valence-electron chi connectivity index (χ1n) is 6.14. The Labute approximate surface area is 106 Å². The van der Waals surface area contributed by atoms with Crippen LogP contribution in [0.5, 0.6) is 5.75 Å². The minimum atomic E-state index is 0.0853. The van der Waals surface area contributed by atoms with E-state index in [0.717, 1.165) is 17.2 Å². The molecule has 0 spiro atoms. The highest BCUT2D eigenvalue weighted by atomic mass is 16.5. The number of rotatable bonds is 4. The number of para-hydroxylation sites is 1. The van der Waals surface area contributed by atoms with E-state index in [1.165, 1.54) is 5.56 Å². The molecule has 0 N–H and O–H groups in total. The van der Waals surface area contributed by atoms with Crippen molar-refractivity contribution in [1.82, 2.24) is 0 Å². The molecule has 0 saturated heterocycles. The van der Waals surface area contributed by atoms with Crippen LogP contribution >= 0.6 is 0 Å². The van der Waals surface area contributed by atoms with E-state index in [2.05, 4.69) is 52.5 Å².